The number of anilines is 1. The minimum atomic E-state index is -0.506. The van der Waals surface area contributed by atoms with E-state index in [4.69, 9.17) is 11.6 Å². The summed E-state index contributed by atoms with van der Waals surface area (Å²) in [6.07, 6.45) is 4.88. The molecule has 2 heterocycles. The molecule has 1 aliphatic heterocycles. The normalized spacial score (nSPS) is 14.4. The van der Waals surface area contributed by atoms with Gasteiger partial charge in [0.15, 0.2) is 0 Å². The molecular formula is C20H17ClFN3O. The Morgan fingerprint density at radius 2 is 2.08 bits per heavy atom. The number of fused-ring (bicyclic) bond motifs is 1. The number of hydrogen-bond donors (Lipinski definition) is 2. The van der Waals surface area contributed by atoms with Crippen LogP contribution in [0.2, 0.25) is 5.02 Å². The van der Waals surface area contributed by atoms with Crippen molar-refractivity contribution < 1.29 is 9.18 Å². The molecule has 6 heteroatoms. The van der Waals surface area contributed by atoms with Gasteiger partial charge in [0.2, 0.25) is 0 Å². The summed E-state index contributed by atoms with van der Waals surface area (Å²) in [5, 5.41) is 3.94. The Balaban J connectivity index is 1.46. The summed E-state index contributed by atoms with van der Waals surface area (Å²) in [5.74, 6) is -0.506. The summed E-state index contributed by atoms with van der Waals surface area (Å²) in [7, 11) is 0. The number of rotatable bonds is 2. The fourth-order valence-corrected chi connectivity index (χ4v) is 3.39. The molecule has 0 spiro atoms. The van der Waals surface area contributed by atoms with E-state index < -0.39 is 5.82 Å². The number of nitrogens with one attached hydrogen (secondary N) is 2. The number of urea groups is 1. The Bertz CT molecular complexity index is 1010. The third-order valence-corrected chi connectivity index (χ3v) is 4.89. The molecule has 0 aliphatic carbocycles. The van der Waals surface area contributed by atoms with E-state index in [2.05, 4.69) is 28.5 Å². The third-order valence-electron chi connectivity index (χ3n) is 4.60. The van der Waals surface area contributed by atoms with Crippen molar-refractivity contribution in [1.82, 2.24) is 9.88 Å². The van der Waals surface area contributed by atoms with Crippen molar-refractivity contribution in [3.8, 4) is 0 Å². The molecule has 2 amide bonds. The summed E-state index contributed by atoms with van der Waals surface area (Å²) >= 11 is 5.75. The van der Waals surface area contributed by atoms with Gasteiger partial charge in [0.05, 0.1) is 5.02 Å². The Hall–Kier alpha value is -2.79. The number of nitrogens with zero attached hydrogens (tertiary/aromatic N) is 1. The molecule has 26 heavy (non-hydrogen) atoms. The second kappa shape index (κ2) is 6.84. The van der Waals surface area contributed by atoms with Crippen LogP contribution in [-0.4, -0.2) is 29.0 Å². The topological polar surface area (TPSA) is 48.1 Å². The lowest BCUT2D eigenvalue weighted by molar-refractivity contribution is 0.217. The van der Waals surface area contributed by atoms with Gasteiger partial charge in [-0.05, 0) is 36.3 Å². The molecule has 2 N–H and O–H groups in total. The van der Waals surface area contributed by atoms with Crippen molar-refractivity contribution in [2.75, 3.05) is 18.4 Å². The van der Waals surface area contributed by atoms with Crippen molar-refractivity contribution in [3.63, 3.8) is 0 Å². The zero-order chi connectivity index (χ0) is 18.1. The van der Waals surface area contributed by atoms with Gasteiger partial charge in [0, 0.05) is 41.4 Å². The smallest absolute Gasteiger partial charge is 0.322 e. The third kappa shape index (κ3) is 3.18. The first-order chi connectivity index (χ1) is 12.6. The lowest BCUT2D eigenvalue weighted by Crippen LogP contribution is -2.37. The highest BCUT2D eigenvalue weighted by Gasteiger charge is 2.19. The highest BCUT2D eigenvalue weighted by atomic mass is 35.5. The molecule has 4 nitrogen and oxygen atoms in total. The second-order valence-corrected chi connectivity index (χ2v) is 6.64. The number of halogens is 2. The van der Waals surface area contributed by atoms with E-state index in [9.17, 15) is 9.18 Å². The van der Waals surface area contributed by atoms with Gasteiger partial charge in [-0.2, -0.15) is 0 Å². The van der Waals surface area contributed by atoms with Gasteiger partial charge in [-0.1, -0.05) is 35.9 Å². The van der Waals surface area contributed by atoms with Crippen molar-refractivity contribution in [3.05, 3.63) is 71.1 Å². The van der Waals surface area contributed by atoms with Crippen molar-refractivity contribution >= 4 is 39.8 Å². The maximum Gasteiger partial charge on any atom is 0.322 e. The molecule has 2 aromatic carbocycles. The van der Waals surface area contributed by atoms with Crippen LogP contribution in [-0.2, 0) is 0 Å². The Labute approximate surface area is 155 Å². The monoisotopic (exact) mass is 369 g/mol. The predicted octanol–water partition coefficient (Wildman–Crippen LogP) is 5.28. The van der Waals surface area contributed by atoms with Gasteiger partial charge in [0.1, 0.15) is 5.82 Å². The van der Waals surface area contributed by atoms with Crippen LogP contribution in [0, 0.1) is 5.82 Å². The lowest BCUT2D eigenvalue weighted by Gasteiger charge is -2.26. The molecule has 0 saturated heterocycles. The van der Waals surface area contributed by atoms with E-state index in [0.29, 0.717) is 18.8 Å². The van der Waals surface area contributed by atoms with Gasteiger partial charge in [-0.15, -0.1) is 0 Å². The van der Waals surface area contributed by atoms with Crippen LogP contribution in [0.5, 0.6) is 0 Å². The second-order valence-electron chi connectivity index (χ2n) is 6.23. The molecule has 0 atom stereocenters. The summed E-state index contributed by atoms with van der Waals surface area (Å²) in [4.78, 5) is 17.4. The quantitative estimate of drug-likeness (QED) is 0.634. The number of carbonyl (C=O) groups excluding carboxylic acids is 1. The Morgan fingerprint density at radius 1 is 1.23 bits per heavy atom. The first kappa shape index (κ1) is 16.7. The standard InChI is InChI=1S/C20H17ClFN3O/c21-17-11-14(5-6-18(17)22)24-20(26)25-9-7-13(8-10-25)16-12-23-19-4-2-1-3-15(16)19/h1-7,11-12,23H,8-10H2,(H,24,26). The molecular weight excluding hydrogens is 353 g/mol. The fraction of sp³-hybridized carbons (Fsp3) is 0.150. The van der Waals surface area contributed by atoms with E-state index in [1.807, 2.05) is 18.3 Å². The number of H-pyrrole nitrogens is 1. The van der Waals surface area contributed by atoms with E-state index in [0.717, 1.165) is 11.9 Å². The molecule has 132 valence electrons. The van der Waals surface area contributed by atoms with E-state index in [1.54, 1.807) is 4.90 Å². The van der Waals surface area contributed by atoms with Crippen LogP contribution < -0.4 is 5.32 Å². The predicted molar refractivity (Wildman–Crippen MR) is 103 cm³/mol. The molecule has 4 rings (SSSR count). The molecule has 0 fully saturated rings. The maximum atomic E-state index is 13.2. The maximum absolute atomic E-state index is 13.2. The van der Waals surface area contributed by atoms with Gasteiger partial charge in [0.25, 0.3) is 0 Å². The molecule has 0 saturated carbocycles. The number of aromatic amines is 1. The van der Waals surface area contributed by atoms with Crippen molar-refractivity contribution in [2.24, 2.45) is 0 Å². The van der Waals surface area contributed by atoms with Crippen LogP contribution in [0.25, 0.3) is 16.5 Å². The Morgan fingerprint density at radius 3 is 2.85 bits per heavy atom. The zero-order valence-electron chi connectivity index (χ0n) is 13.9. The van der Waals surface area contributed by atoms with Crippen LogP contribution in [0.1, 0.15) is 12.0 Å². The molecule has 1 aliphatic rings. The molecule has 0 radical (unpaired) electrons. The van der Waals surface area contributed by atoms with Crippen molar-refractivity contribution in [1.29, 1.82) is 0 Å². The van der Waals surface area contributed by atoms with Crippen LogP contribution in [0.3, 0.4) is 0 Å². The number of hydrogen-bond acceptors (Lipinski definition) is 1. The zero-order valence-corrected chi connectivity index (χ0v) is 14.7. The minimum absolute atomic E-state index is 0.0111. The molecule has 0 unspecified atom stereocenters. The average Bonchev–Trinajstić information content (AvgIpc) is 3.09. The lowest BCUT2D eigenvalue weighted by atomic mass is 9.99. The van der Waals surface area contributed by atoms with Gasteiger partial charge >= 0.3 is 6.03 Å². The van der Waals surface area contributed by atoms with Gasteiger partial charge in [-0.3, -0.25) is 0 Å². The highest BCUT2D eigenvalue weighted by molar-refractivity contribution is 6.31. The Kier molecular flexibility index (Phi) is 4.39. The largest absolute Gasteiger partial charge is 0.361 e. The molecule has 3 aromatic rings. The van der Waals surface area contributed by atoms with Crippen LogP contribution in [0.4, 0.5) is 14.9 Å². The van der Waals surface area contributed by atoms with Crippen LogP contribution in [0.15, 0.2) is 54.7 Å². The van der Waals surface area contributed by atoms with E-state index in [1.165, 1.54) is 34.7 Å². The van der Waals surface area contributed by atoms with Gasteiger partial charge < -0.3 is 15.2 Å². The average molecular weight is 370 g/mol. The summed E-state index contributed by atoms with van der Waals surface area (Å²) in [6.45, 7) is 1.14. The van der Waals surface area contributed by atoms with E-state index >= 15 is 0 Å². The number of para-hydroxylation sites is 1. The number of carbonyl (C=O) groups is 1. The number of benzene rings is 2. The first-order valence-corrected chi connectivity index (χ1v) is 8.76. The SMILES string of the molecule is O=C(Nc1ccc(F)c(Cl)c1)N1CC=C(c2c[nH]c3ccccc23)CC1. The van der Waals surface area contributed by atoms with Crippen LogP contribution >= 0.6 is 11.6 Å². The summed E-state index contributed by atoms with van der Waals surface area (Å²) < 4.78 is 13.2. The molecule has 0 bridgehead atoms. The minimum Gasteiger partial charge on any atom is -0.361 e. The van der Waals surface area contributed by atoms with Gasteiger partial charge in [-0.25, -0.2) is 9.18 Å². The first-order valence-electron chi connectivity index (χ1n) is 8.38. The fourth-order valence-electron chi connectivity index (χ4n) is 3.21. The van der Waals surface area contributed by atoms with E-state index in [-0.39, 0.29) is 11.1 Å². The van der Waals surface area contributed by atoms with Crippen molar-refractivity contribution in [2.45, 2.75) is 6.42 Å². The molecule has 1 aromatic heterocycles. The number of amides is 2. The highest BCUT2D eigenvalue weighted by Crippen LogP contribution is 2.29. The number of aromatic nitrogens is 1. The summed E-state index contributed by atoms with van der Waals surface area (Å²) in [6, 6.07) is 12.1. The summed E-state index contributed by atoms with van der Waals surface area (Å²) in [5.41, 5.74) is 4.01.